The van der Waals surface area contributed by atoms with Crippen LogP contribution in [0.1, 0.15) is 52.0 Å². The Hall–Kier alpha value is -2.25. The van der Waals surface area contributed by atoms with Gasteiger partial charge < -0.3 is 15.1 Å². The van der Waals surface area contributed by atoms with Gasteiger partial charge in [-0.05, 0) is 43.9 Å². The van der Waals surface area contributed by atoms with Gasteiger partial charge in [-0.1, -0.05) is 20.8 Å². The van der Waals surface area contributed by atoms with Gasteiger partial charge in [-0.15, -0.1) is 0 Å². The molecule has 5 nitrogen and oxygen atoms in total. The van der Waals surface area contributed by atoms with Gasteiger partial charge in [0.15, 0.2) is 0 Å². The average Bonchev–Trinajstić information content (AvgIpc) is 3.20. The molecule has 2 amide bonds. The van der Waals surface area contributed by atoms with Crippen molar-refractivity contribution in [1.82, 2.24) is 4.90 Å². The fourth-order valence-corrected chi connectivity index (χ4v) is 4.10. The predicted molar refractivity (Wildman–Crippen MR) is 110 cm³/mol. The Kier molecular flexibility index (Phi) is 6.34. The highest BCUT2D eigenvalue weighted by Gasteiger charge is 2.34. The summed E-state index contributed by atoms with van der Waals surface area (Å²) in [5.41, 5.74) is -0.400. The maximum Gasteiger partial charge on any atom is 0.416 e. The van der Waals surface area contributed by atoms with Crippen molar-refractivity contribution >= 4 is 23.2 Å². The number of hydrogen-bond donors (Lipinski definition) is 1. The Bertz CT molecular complexity index is 788. The molecule has 2 aliphatic heterocycles. The number of nitrogens with zero attached hydrogens (tertiary/aromatic N) is 2. The zero-order valence-corrected chi connectivity index (χ0v) is 17.8. The summed E-state index contributed by atoms with van der Waals surface area (Å²) in [6.45, 7) is 8.08. The van der Waals surface area contributed by atoms with Crippen molar-refractivity contribution in [2.24, 2.45) is 11.3 Å². The number of nitrogens with one attached hydrogen (secondary N) is 1. The van der Waals surface area contributed by atoms with Gasteiger partial charge in [-0.2, -0.15) is 13.2 Å². The number of anilines is 2. The highest BCUT2D eigenvalue weighted by atomic mass is 19.4. The Labute approximate surface area is 175 Å². The van der Waals surface area contributed by atoms with Crippen LogP contribution in [0.15, 0.2) is 18.2 Å². The van der Waals surface area contributed by atoms with E-state index in [2.05, 4.69) is 5.32 Å². The normalized spacial score (nSPS) is 18.6. The average molecular weight is 425 g/mol. The first-order chi connectivity index (χ1) is 14.0. The second-order valence-electron chi connectivity index (χ2n) is 9.23. The summed E-state index contributed by atoms with van der Waals surface area (Å²) in [7, 11) is 0. The Morgan fingerprint density at radius 2 is 1.60 bits per heavy atom. The lowest BCUT2D eigenvalue weighted by molar-refractivity contribution is -0.142. The molecule has 0 saturated carbocycles. The zero-order chi connectivity index (χ0) is 22.1. The summed E-state index contributed by atoms with van der Waals surface area (Å²) in [5.74, 6) is -0.553. The van der Waals surface area contributed by atoms with Gasteiger partial charge >= 0.3 is 6.18 Å². The van der Waals surface area contributed by atoms with Crippen LogP contribution in [-0.4, -0.2) is 42.9 Å². The molecule has 8 heteroatoms. The van der Waals surface area contributed by atoms with Crippen LogP contribution in [0.25, 0.3) is 0 Å². The van der Waals surface area contributed by atoms with Gasteiger partial charge in [-0.25, -0.2) is 0 Å². The molecule has 166 valence electrons. The molecule has 0 radical (unpaired) electrons. The van der Waals surface area contributed by atoms with Crippen molar-refractivity contribution in [2.45, 2.75) is 52.6 Å². The summed E-state index contributed by atoms with van der Waals surface area (Å²) in [4.78, 5) is 29.1. The van der Waals surface area contributed by atoms with Gasteiger partial charge in [-0.3, -0.25) is 9.59 Å². The van der Waals surface area contributed by atoms with Crippen molar-refractivity contribution in [3.8, 4) is 0 Å². The molecule has 0 spiro atoms. The van der Waals surface area contributed by atoms with Crippen molar-refractivity contribution in [3.63, 3.8) is 0 Å². The molecule has 3 rings (SSSR count). The topological polar surface area (TPSA) is 52.7 Å². The Morgan fingerprint density at radius 1 is 1.00 bits per heavy atom. The third-order valence-electron chi connectivity index (χ3n) is 5.82. The highest BCUT2D eigenvalue weighted by molar-refractivity contribution is 5.96. The van der Waals surface area contributed by atoms with Crippen LogP contribution in [0, 0.1) is 11.3 Å². The lowest BCUT2D eigenvalue weighted by Crippen LogP contribution is -2.45. The molecule has 1 aromatic carbocycles. The minimum Gasteiger partial charge on any atom is -0.370 e. The van der Waals surface area contributed by atoms with Crippen molar-refractivity contribution in [1.29, 1.82) is 0 Å². The largest absolute Gasteiger partial charge is 0.416 e. The molecule has 0 bridgehead atoms. The smallest absolute Gasteiger partial charge is 0.370 e. The first-order valence-corrected chi connectivity index (χ1v) is 10.5. The van der Waals surface area contributed by atoms with Gasteiger partial charge in [0.05, 0.1) is 16.9 Å². The molecule has 0 aliphatic carbocycles. The van der Waals surface area contributed by atoms with E-state index in [1.54, 1.807) is 4.90 Å². The van der Waals surface area contributed by atoms with Gasteiger partial charge in [0.2, 0.25) is 11.8 Å². The predicted octanol–water partition coefficient (Wildman–Crippen LogP) is 4.53. The van der Waals surface area contributed by atoms with E-state index in [9.17, 15) is 22.8 Å². The van der Waals surface area contributed by atoms with Crippen LogP contribution >= 0.6 is 0 Å². The standard InChI is InChI=1S/C22H30F3N3O2/c1-21(2,3)20(30)28-12-8-15(9-13-28)19(29)26-17-14-16(22(23,24)25)6-7-18(17)27-10-4-5-11-27/h6-7,14-15H,4-5,8-13H2,1-3H3,(H,26,29). The van der Waals surface area contributed by atoms with Crippen molar-refractivity contribution in [3.05, 3.63) is 23.8 Å². The Balaban J connectivity index is 1.72. The molecule has 0 unspecified atom stereocenters. The molecule has 30 heavy (non-hydrogen) atoms. The SMILES string of the molecule is CC(C)(C)C(=O)N1CCC(C(=O)Nc2cc(C(F)(F)F)ccc2N2CCCC2)CC1. The van der Waals surface area contributed by atoms with Gasteiger partial charge in [0.25, 0.3) is 0 Å². The van der Waals surface area contributed by atoms with E-state index in [0.717, 1.165) is 38.1 Å². The molecule has 0 atom stereocenters. The molecule has 2 saturated heterocycles. The lowest BCUT2D eigenvalue weighted by Gasteiger charge is -2.35. The summed E-state index contributed by atoms with van der Waals surface area (Å²) in [6.07, 6.45) is -1.50. The quantitative estimate of drug-likeness (QED) is 0.774. The summed E-state index contributed by atoms with van der Waals surface area (Å²) >= 11 is 0. The van der Waals surface area contributed by atoms with Crippen LogP contribution in [0.2, 0.25) is 0 Å². The molecule has 0 aromatic heterocycles. The maximum absolute atomic E-state index is 13.2. The minimum absolute atomic E-state index is 0.0514. The van der Waals surface area contributed by atoms with Gasteiger partial charge in [0, 0.05) is 37.5 Å². The number of carbonyl (C=O) groups excluding carboxylic acids is 2. The second kappa shape index (κ2) is 8.47. The number of rotatable bonds is 3. The number of hydrogen-bond acceptors (Lipinski definition) is 3. The van der Waals surface area contributed by atoms with Crippen LogP contribution in [0.3, 0.4) is 0 Å². The molecule has 1 aromatic rings. The van der Waals surface area contributed by atoms with E-state index in [1.165, 1.54) is 6.07 Å². The maximum atomic E-state index is 13.2. The fourth-order valence-electron chi connectivity index (χ4n) is 4.10. The van der Waals surface area contributed by atoms with Crippen LogP contribution in [0.4, 0.5) is 24.5 Å². The Morgan fingerprint density at radius 3 is 2.13 bits per heavy atom. The van der Waals surface area contributed by atoms with Crippen LogP contribution in [-0.2, 0) is 15.8 Å². The number of piperidine rings is 1. The molecular formula is C22H30F3N3O2. The summed E-state index contributed by atoms with van der Waals surface area (Å²) in [5, 5.41) is 2.76. The third kappa shape index (κ3) is 5.08. The summed E-state index contributed by atoms with van der Waals surface area (Å²) < 4.78 is 39.7. The van der Waals surface area contributed by atoms with Gasteiger partial charge in [0.1, 0.15) is 0 Å². The molecule has 2 aliphatic rings. The van der Waals surface area contributed by atoms with E-state index in [1.807, 2.05) is 25.7 Å². The van der Waals surface area contributed by atoms with Crippen molar-refractivity contribution in [2.75, 3.05) is 36.4 Å². The van der Waals surface area contributed by atoms with E-state index >= 15 is 0 Å². The number of likely N-dealkylation sites (tertiary alicyclic amines) is 1. The van der Waals surface area contributed by atoms with E-state index < -0.39 is 17.2 Å². The molecule has 2 heterocycles. The first kappa shape index (κ1) is 22.4. The third-order valence-corrected chi connectivity index (χ3v) is 5.82. The molecule has 1 N–H and O–H groups in total. The number of carbonyl (C=O) groups is 2. The van der Waals surface area contributed by atoms with Crippen LogP contribution in [0.5, 0.6) is 0 Å². The van der Waals surface area contributed by atoms with Crippen molar-refractivity contribution < 1.29 is 22.8 Å². The second-order valence-corrected chi connectivity index (χ2v) is 9.23. The van der Waals surface area contributed by atoms with Crippen LogP contribution < -0.4 is 10.2 Å². The number of alkyl halides is 3. The molecule has 2 fully saturated rings. The number of amides is 2. The lowest BCUT2D eigenvalue weighted by atomic mass is 9.90. The van der Waals surface area contributed by atoms with E-state index in [-0.39, 0.29) is 23.4 Å². The highest BCUT2D eigenvalue weighted by Crippen LogP contribution is 2.37. The first-order valence-electron chi connectivity index (χ1n) is 10.5. The number of halogens is 3. The molecular weight excluding hydrogens is 395 g/mol. The monoisotopic (exact) mass is 425 g/mol. The summed E-state index contributed by atoms with van der Waals surface area (Å²) in [6, 6.07) is 3.55. The fraction of sp³-hybridized carbons (Fsp3) is 0.636. The van der Waals surface area contributed by atoms with E-state index in [0.29, 0.717) is 31.6 Å². The zero-order valence-electron chi connectivity index (χ0n) is 17.8. The van der Waals surface area contributed by atoms with E-state index in [4.69, 9.17) is 0 Å². The number of benzene rings is 1. The minimum atomic E-state index is -4.47.